The van der Waals surface area contributed by atoms with Crippen LogP contribution in [0, 0.1) is 23.1 Å². The molecular weight excluding hydrogens is 261 g/mol. The molecule has 1 fully saturated rings. The highest BCUT2D eigenvalue weighted by Crippen LogP contribution is 2.33. The SMILES string of the molecule is COC(=O)C1CCC(C(=N)c2ccc(F)cc2O)CC1. The molecule has 1 aromatic rings. The molecule has 20 heavy (non-hydrogen) atoms. The maximum atomic E-state index is 13.0. The Hall–Kier alpha value is -1.91. The van der Waals surface area contributed by atoms with E-state index in [2.05, 4.69) is 0 Å². The van der Waals surface area contributed by atoms with Crippen molar-refractivity contribution >= 4 is 11.7 Å². The van der Waals surface area contributed by atoms with Crippen LogP contribution in [-0.2, 0) is 9.53 Å². The molecule has 0 amide bonds. The fourth-order valence-electron chi connectivity index (χ4n) is 2.74. The number of ether oxygens (including phenoxy) is 1. The number of carbonyl (C=O) groups excluding carboxylic acids is 1. The summed E-state index contributed by atoms with van der Waals surface area (Å²) in [7, 11) is 1.38. The van der Waals surface area contributed by atoms with E-state index in [1.807, 2.05) is 0 Å². The summed E-state index contributed by atoms with van der Waals surface area (Å²) in [5.74, 6) is -1.02. The van der Waals surface area contributed by atoms with E-state index in [0.717, 1.165) is 6.07 Å². The van der Waals surface area contributed by atoms with Gasteiger partial charge in [-0.1, -0.05) is 0 Å². The minimum Gasteiger partial charge on any atom is -0.507 e. The fourth-order valence-corrected chi connectivity index (χ4v) is 2.74. The predicted octanol–water partition coefficient (Wildman–Crippen LogP) is 2.88. The monoisotopic (exact) mass is 279 g/mol. The standard InChI is InChI=1S/C15H18FNO3/c1-20-15(19)10-4-2-9(3-5-10)14(17)12-7-6-11(16)8-13(12)18/h6-10,17-18H,2-5H2,1H3. The van der Waals surface area contributed by atoms with Gasteiger partial charge in [0.05, 0.1) is 13.0 Å². The van der Waals surface area contributed by atoms with Gasteiger partial charge in [0.1, 0.15) is 11.6 Å². The molecule has 0 radical (unpaired) electrons. The van der Waals surface area contributed by atoms with E-state index < -0.39 is 5.82 Å². The maximum Gasteiger partial charge on any atom is 0.308 e. The lowest BCUT2D eigenvalue weighted by atomic mass is 9.78. The highest BCUT2D eigenvalue weighted by molar-refractivity contribution is 6.02. The number of hydrogen-bond acceptors (Lipinski definition) is 4. The van der Waals surface area contributed by atoms with E-state index >= 15 is 0 Å². The number of halogens is 1. The molecule has 1 saturated carbocycles. The van der Waals surface area contributed by atoms with Gasteiger partial charge < -0.3 is 15.3 Å². The van der Waals surface area contributed by atoms with E-state index in [4.69, 9.17) is 10.1 Å². The predicted molar refractivity (Wildman–Crippen MR) is 72.4 cm³/mol. The van der Waals surface area contributed by atoms with Crippen molar-refractivity contribution in [2.75, 3.05) is 7.11 Å². The number of phenolic OH excluding ortho intramolecular Hbond substituents is 1. The van der Waals surface area contributed by atoms with E-state index in [1.165, 1.54) is 19.2 Å². The lowest BCUT2D eigenvalue weighted by Crippen LogP contribution is -2.26. The highest BCUT2D eigenvalue weighted by Gasteiger charge is 2.29. The van der Waals surface area contributed by atoms with Crippen LogP contribution in [0.25, 0.3) is 0 Å². The van der Waals surface area contributed by atoms with Crippen LogP contribution in [0.4, 0.5) is 4.39 Å². The topological polar surface area (TPSA) is 70.4 Å². The van der Waals surface area contributed by atoms with Gasteiger partial charge in [0.15, 0.2) is 0 Å². The molecular formula is C15H18FNO3. The Morgan fingerprint density at radius 2 is 1.90 bits per heavy atom. The second-order valence-corrected chi connectivity index (χ2v) is 5.15. The van der Waals surface area contributed by atoms with Crippen molar-refractivity contribution in [1.29, 1.82) is 5.41 Å². The van der Waals surface area contributed by atoms with Crippen LogP contribution >= 0.6 is 0 Å². The first-order valence-corrected chi connectivity index (χ1v) is 6.68. The van der Waals surface area contributed by atoms with Gasteiger partial charge >= 0.3 is 5.97 Å². The number of esters is 1. The highest BCUT2D eigenvalue weighted by atomic mass is 19.1. The number of aromatic hydroxyl groups is 1. The van der Waals surface area contributed by atoms with Gasteiger partial charge in [-0.2, -0.15) is 0 Å². The zero-order valence-electron chi connectivity index (χ0n) is 11.4. The molecule has 5 heteroatoms. The Bertz CT molecular complexity index is 522. The zero-order valence-corrected chi connectivity index (χ0v) is 11.4. The third kappa shape index (κ3) is 2.98. The molecule has 0 bridgehead atoms. The molecule has 2 N–H and O–H groups in total. The van der Waals surface area contributed by atoms with Gasteiger partial charge in [-0.25, -0.2) is 4.39 Å². The third-order valence-corrected chi connectivity index (χ3v) is 3.92. The summed E-state index contributed by atoms with van der Waals surface area (Å²) in [6.07, 6.45) is 2.77. The minimum atomic E-state index is -0.520. The Balaban J connectivity index is 2.03. The Kier molecular flexibility index (Phi) is 4.37. The summed E-state index contributed by atoms with van der Waals surface area (Å²) in [4.78, 5) is 11.4. The lowest BCUT2D eigenvalue weighted by Gasteiger charge is -2.27. The molecule has 0 spiro atoms. The average molecular weight is 279 g/mol. The van der Waals surface area contributed by atoms with Crippen LogP contribution in [0.3, 0.4) is 0 Å². The molecule has 1 aliphatic carbocycles. The van der Waals surface area contributed by atoms with Gasteiger partial charge in [0.25, 0.3) is 0 Å². The van der Waals surface area contributed by atoms with Crippen LogP contribution < -0.4 is 0 Å². The van der Waals surface area contributed by atoms with Crippen LogP contribution in [0.15, 0.2) is 18.2 Å². The molecule has 1 aromatic carbocycles. The van der Waals surface area contributed by atoms with E-state index in [1.54, 1.807) is 0 Å². The summed E-state index contributed by atoms with van der Waals surface area (Å²) in [6, 6.07) is 3.69. The normalized spacial score (nSPS) is 22.3. The number of methoxy groups -OCH3 is 1. The summed E-state index contributed by atoms with van der Waals surface area (Å²) in [5, 5.41) is 17.9. The number of nitrogens with one attached hydrogen (secondary N) is 1. The van der Waals surface area contributed by atoms with Gasteiger partial charge in [-0.3, -0.25) is 4.79 Å². The molecule has 0 atom stereocenters. The fraction of sp³-hybridized carbons (Fsp3) is 0.467. The van der Waals surface area contributed by atoms with E-state index in [-0.39, 0.29) is 23.6 Å². The summed E-state index contributed by atoms with van der Waals surface area (Å²) >= 11 is 0. The molecule has 0 unspecified atom stereocenters. The van der Waals surface area contributed by atoms with Crippen LogP contribution in [-0.4, -0.2) is 23.9 Å². The second-order valence-electron chi connectivity index (χ2n) is 5.15. The first kappa shape index (κ1) is 14.5. The van der Waals surface area contributed by atoms with Gasteiger partial charge in [-0.15, -0.1) is 0 Å². The Morgan fingerprint density at radius 1 is 1.30 bits per heavy atom. The number of carbonyl (C=O) groups is 1. The van der Waals surface area contributed by atoms with Crippen LogP contribution in [0.1, 0.15) is 31.2 Å². The summed E-state index contributed by atoms with van der Waals surface area (Å²) in [5.41, 5.74) is 0.679. The third-order valence-electron chi connectivity index (χ3n) is 3.92. The van der Waals surface area contributed by atoms with Gasteiger partial charge in [-0.05, 0) is 37.8 Å². The zero-order chi connectivity index (χ0) is 14.7. The average Bonchev–Trinajstić information content (AvgIpc) is 2.46. The van der Waals surface area contributed by atoms with Crippen molar-refractivity contribution in [3.8, 4) is 5.75 Å². The summed E-state index contributed by atoms with van der Waals surface area (Å²) in [6.45, 7) is 0. The number of benzene rings is 1. The Morgan fingerprint density at radius 3 is 2.45 bits per heavy atom. The van der Waals surface area contributed by atoms with Gasteiger partial charge in [0, 0.05) is 23.3 Å². The quantitative estimate of drug-likeness (QED) is 0.660. The lowest BCUT2D eigenvalue weighted by molar-refractivity contribution is -0.146. The molecule has 108 valence electrons. The first-order valence-electron chi connectivity index (χ1n) is 6.68. The molecule has 0 heterocycles. The molecule has 1 aliphatic rings. The van der Waals surface area contributed by atoms with Crippen molar-refractivity contribution in [3.05, 3.63) is 29.6 Å². The van der Waals surface area contributed by atoms with Crippen LogP contribution in [0.2, 0.25) is 0 Å². The van der Waals surface area contributed by atoms with E-state index in [0.29, 0.717) is 37.0 Å². The van der Waals surface area contributed by atoms with Crippen LogP contribution in [0.5, 0.6) is 5.75 Å². The van der Waals surface area contributed by atoms with Crippen molar-refractivity contribution in [3.63, 3.8) is 0 Å². The molecule has 2 rings (SSSR count). The molecule has 0 aliphatic heterocycles. The van der Waals surface area contributed by atoms with Crippen molar-refractivity contribution in [2.24, 2.45) is 11.8 Å². The van der Waals surface area contributed by atoms with Crippen molar-refractivity contribution < 1.29 is 19.0 Å². The first-order chi connectivity index (χ1) is 9.52. The number of phenols is 1. The second kappa shape index (κ2) is 6.03. The Labute approximate surface area is 117 Å². The largest absolute Gasteiger partial charge is 0.507 e. The minimum absolute atomic E-state index is 0.00716. The number of hydrogen-bond donors (Lipinski definition) is 2. The molecule has 4 nitrogen and oxygen atoms in total. The maximum absolute atomic E-state index is 13.0. The molecule has 0 aromatic heterocycles. The van der Waals surface area contributed by atoms with Crippen molar-refractivity contribution in [1.82, 2.24) is 0 Å². The van der Waals surface area contributed by atoms with Crippen molar-refractivity contribution in [2.45, 2.75) is 25.7 Å². The van der Waals surface area contributed by atoms with E-state index in [9.17, 15) is 14.3 Å². The van der Waals surface area contributed by atoms with Gasteiger partial charge in [0.2, 0.25) is 0 Å². The number of rotatable bonds is 3. The molecule has 0 saturated heterocycles. The summed E-state index contributed by atoms with van der Waals surface area (Å²) < 4.78 is 17.7. The smallest absolute Gasteiger partial charge is 0.308 e.